The normalized spacial score (nSPS) is 10.6. The SMILES string of the molecule is Cc1cc(C(=O)NCC#CCNC(=O)c2cc(C)cc3cn[nH]c23)c2[nH]ncc2c1. The quantitative estimate of drug-likeness (QED) is 0.393. The minimum Gasteiger partial charge on any atom is -0.341 e. The summed E-state index contributed by atoms with van der Waals surface area (Å²) in [4.78, 5) is 24.9. The molecular weight excluding hydrogens is 380 g/mol. The lowest BCUT2D eigenvalue weighted by Gasteiger charge is -2.05. The first-order chi connectivity index (χ1) is 14.5. The van der Waals surface area contributed by atoms with Gasteiger partial charge in [-0.1, -0.05) is 11.8 Å². The average Bonchev–Trinajstić information content (AvgIpc) is 3.37. The van der Waals surface area contributed by atoms with Crippen LogP contribution in [0.5, 0.6) is 0 Å². The molecule has 30 heavy (non-hydrogen) atoms. The van der Waals surface area contributed by atoms with E-state index in [1.165, 1.54) is 0 Å². The molecule has 150 valence electrons. The van der Waals surface area contributed by atoms with Gasteiger partial charge in [-0.2, -0.15) is 10.2 Å². The summed E-state index contributed by atoms with van der Waals surface area (Å²) in [6.45, 7) is 4.20. The molecule has 0 aliphatic rings. The summed E-state index contributed by atoms with van der Waals surface area (Å²) in [6.07, 6.45) is 3.37. The molecule has 0 unspecified atom stereocenters. The third-order valence-electron chi connectivity index (χ3n) is 4.68. The van der Waals surface area contributed by atoms with Crippen molar-refractivity contribution in [2.24, 2.45) is 0 Å². The van der Waals surface area contributed by atoms with Gasteiger partial charge in [0.25, 0.3) is 11.8 Å². The Labute approximate surface area is 172 Å². The Bertz CT molecular complexity index is 1220. The summed E-state index contributed by atoms with van der Waals surface area (Å²) in [5.74, 6) is 5.24. The van der Waals surface area contributed by atoms with Gasteiger partial charge in [0.1, 0.15) is 0 Å². The number of carbonyl (C=O) groups is 2. The van der Waals surface area contributed by atoms with Gasteiger partial charge in [-0.05, 0) is 49.2 Å². The van der Waals surface area contributed by atoms with Gasteiger partial charge in [0, 0.05) is 10.8 Å². The van der Waals surface area contributed by atoms with Crippen molar-refractivity contribution in [3.05, 3.63) is 58.9 Å². The minimum absolute atomic E-state index is 0.174. The molecule has 2 heterocycles. The van der Waals surface area contributed by atoms with Crippen molar-refractivity contribution in [3.8, 4) is 11.8 Å². The van der Waals surface area contributed by atoms with Crippen LogP contribution in [-0.4, -0.2) is 45.3 Å². The minimum atomic E-state index is -0.229. The number of aromatic amines is 2. The third kappa shape index (κ3) is 3.86. The number of nitrogens with one attached hydrogen (secondary N) is 4. The summed E-state index contributed by atoms with van der Waals surface area (Å²) in [7, 11) is 0. The van der Waals surface area contributed by atoms with Gasteiger partial charge >= 0.3 is 0 Å². The van der Waals surface area contributed by atoms with Crippen LogP contribution >= 0.6 is 0 Å². The number of hydrogen-bond donors (Lipinski definition) is 4. The summed E-state index contributed by atoms with van der Waals surface area (Å²) in [5, 5.41) is 21.0. The first-order valence-electron chi connectivity index (χ1n) is 9.42. The predicted molar refractivity (Wildman–Crippen MR) is 114 cm³/mol. The molecule has 2 aromatic carbocycles. The molecule has 4 aromatic rings. The molecule has 8 nitrogen and oxygen atoms in total. The number of aromatic nitrogens is 4. The van der Waals surface area contributed by atoms with Gasteiger partial charge < -0.3 is 10.6 Å². The van der Waals surface area contributed by atoms with Crippen LogP contribution in [-0.2, 0) is 0 Å². The van der Waals surface area contributed by atoms with E-state index < -0.39 is 0 Å². The topological polar surface area (TPSA) is 116 Å². The van der Waals surface area contributed by atoms with Crippen molar-refractivity contribution >= 4 is 33.6 Å². The Balaban J connectivity index is 1.33. The highest BCUT2D eigenvalue weighted by molar-refractivity contribution is 6.06. The highest BCUT2D eigenvalue weighted by Crippen LogP contribution is 2.19. The van der Waals surface area contributed by atoms with Crippen LogP contribution in [0.3, 0.4) is 0 Å². The van der Waals surface area contributed by atoms with E-state index in [0.29, 0.717) is 22.2 Å². The number of rotatable bonds is 4. The van der Waals surface area contributed by atoms with Crippen LogP contribution in [0.2, 0.25) is 0 Å². The van der Waals surface area contributed by atoms with E-state index in [2.05, 4.69) is 42.9 Å². The Kier molecular flexibility index (Phi) is 5.18. The molecule has 0 aliphatic heterocycles. The zero-order chi connectivity index (χ0) is 21.1. The maximum absolute atomic E-state index is 12.5. The second-order valence-electron chi connectivity index (χ2n) is 7.01. The lowest BCUT2D eigenvalue weighted by Crippen LogP contribution is -2.25. The summed E-state index contributed by atoms with van der Waals surface area (Å²) in [6, 6.07) is 7.54. The van der Waals surface area contributed by atoms with E-state index in [9.17, 15) is 9.59 Å². The van der Waals surface area contributed by atoms with Crippen LogP contribution in [0.4, 0.5) is 0 Å². The molecule has 0 spiro atoms. The molecule has 2 amide bonds. The van der Waals surface area contributed by atoms with Gasteiger partial charge in [-0.15, -0.1) is 0 Å². The molecule has 4 N–H and O–H groups in total. The number of aryl methyl sites for hydroxylation is 2. The number of H-pyrrole nitrogens is 2. The van der Waals surface area contributed by atoms with Crippen molar-refractivity contribution in [1.82, 2.24) is 31.0 Å². The summed E-state index contributed by atoms with van der Waals surface area (Å²) < 4.78 is 0. The van der Waals surface area contributed by atoms with Gasteiger partial charge in [0.2, 0.25) is 0 Å². The Morgan fingerprint density at radius 2 is 1.23 bits per heavy atom. The number of fused-ring (bicyclic) bond motifs is 2. The molecule has 0 saturated heterocycles. The van der Waals surface area contributed by atoms with Gasteiger partial charge in [-0.25, -0.2) is 0 Å². The van der Waals surface area contributed by atoms with Crippen LogP contribution < -0.4 is 10.6 Å². The number of amides is 2. The standard InChI is InChI=1S/C22H20N6O2/c1-13-7-15-11-25-27-19(15)17(9-13)21(29)23-5-3-4-6-24-22(30)18-10-14(2)8-16-12-26-28-20(16)18/h7-12H,5-6H2,1-2H3,(H,23,29)(H,24,30)(H,25,27)(H,26,28). The smallest absolute Gasteiger partial charge is 0.254 e. The van der Waals surface area contributed by atoms with Crippen molar-refractivity contribution in [2.75, 3.05) is 13.1 Å². The van der Waals surface area contributed by atoms with Crippen molar-refractivity contribution in [3.63, 3.8) is 0 Å². The molecular formula is C22H20N6O2. The number of hydrogen-bond acceptors (Lipinski definition) is 4. The van der Waals surface area contributed by atoms with Crippen LogP contribution in [0.1, 0.15) is 31.8 Å². The molecule has 0 bridgehead atoms. The highest BCUT2D eigenvalue weighted by atomic mass is 16.2. The zero-order valence-corrected chi connectivity index (χ0v) is 16.6. The Hall–Kier alpha value is -4.12. The molecule has 0 aliphatic carbocycles. The first kappa shape index (κ1) is 19.2. The van der Waals surface area contributed by atoms with Gasteiger partial charge in [0.05, 0.1) is 47.6 Å². The highest BCUT2D eigenvalue weighted by Gasteiger charge is 2.12. The Morgan fingerprint density at radius 1 is 0.800 bits per heavy atom. The maximum atomic E-state index is 12.5. The maximum Gasteiger partial charge on any atom is 0.254 e. The number of carbonyl (C=O) groups excluding carboxylic acids is 2. The average molecular weight is 400 g/mol. The molecule has 0 radical (unpaired) electrons. The van der Waals surface area contributed by atoms with E-state index in [0.717, 1.165) is 21.9 Å². The zero-order valence-electron chi connectivity index (χ0n) is 16.6. The lowest BCUT2D eigenvalue weighted by atomic mass is 10.1. The molecule has 2 aromatic heterocycles. The fourth-order valence-corrected chi connectivity index (χ4v) is 3.34. The van der Waals surface area contributed by atoms with Gasteiger partial charge in [-0.3, -0.25) is 19.8 Å². The number of nitrogens with zero attached hydrogens (tertiary/aromatic N) is 2. The lowest BCUT2D eigenvalue weighted by molar-refractivity contribution is 0.0951. The second kappa shape index (κ2) is 8.09. The molecule has 0 fully saturated rings. The number of benzene rings is 2. The largest absolute Gasteiger partial charge is 0.341 e. The van der Waals surface area contributed by atoms with Crippen LogP contribution in [0.15, 0.2) is 36.7 Å². The van der Waals surface area contributed by atoms with E-state index in [4.69, 9.17) is 0 Å². The predicted octanol–water partition coefficient (Wildman–Crippen LogP) is 2.22. The first-order valence-corrected chi connectivity index (χ1v) is 9.42. The van der Waals surface area contributed by atoms with Crippen molar-refractivity contribution in [2.45, 2.75) is 13.8 Å². The summed E-state index contributed by atoms with van der Waals surface area (Å²) >= 11 is 0. The second-order valence-corrected chi connectivity index (χ2v) is 7.01. The fourth-order valence-electron chi connectivity index (χ4n) is 3.34. The Morgan fingerprint density at radius 3 is 1.67 bits per heavy atom. The molecule has 0 saturated carbocycles. The molecule has 0 atom stereocenters. The van der Waals surface area contributed by atoms with Crippen LogP contribution in [0, 0.1) is 25.7 Å². The van der Waals surface area contributed by atoms with Gasteiger partial charge in [0.15, 0.2) is 0 Å². The molecule has 8 heteroatoms. The summed E-state index contributed by atoms with van der Waals surface area (Å²) in [5.41, 5.74) is 4.40. The van der Waals surface area contributed by atoms with Crippen molar-refractivity contribution in [1.29, 1.82) is 0 Å². The van der Waals surface area contributed by atoms with Crippen LogP contribution in [0.25, 0.3) is 21.8 Å². The fraction of sp³-hybridized carbons (Fsp3) is 0.182. The van der Waals surface area contributed by atoms with E-state index in [-0.39, 0.29) is 24.9 Å². The molecule has 4 rings (SSSR count). The van der Waals surface area contributed by atoms with E-state index in [1.54, 1.807) is 12.4 Å². The monoisotopic (exact) mass is 400 g/mol. The third-order valence-corrected chi connectivity index (χ3v) is 4.68. The van der Waals surface area contributed by atoms with E-state index >= 15 is 0 Å². The van der Waals surface area contributed by atoms with E-state index in [1.807, 2.05) is 38.1 Å². The van der Waals surface area contributed by atoms with Crippen molar-refractivity contribution < 1.29 is 9.59 Å².